The number of rotatable bonds is 9. The Balaban J connectivity index is 1.49. The van der Waals surface area contributed by atoms with Crippen LogP contribution in [0.2, 0.25) is 0 Å². The minimum atomic E-state index is 0.683. The van der Waals surface area contributed by atoms with Crippen LogP contribution in [0.1, 0.15) is 81.4 Å². The second-order valence-electron chi connectivity index (χ2n) is 7.91. The molecule has 0 N–H and O–H groups in total. The van der Waals surface area contributed by atoms with E-state index in [1.54, 1.807) is 16.7 Å². The topological polar surface area (TPSA) is 0 Å². The summed E-state index contributed by atoms with van der Waals surface area (Å²) in [5.74, 6) is 0. The average Bonchev–Trinajstić information content (AvgIpc) is 3.42. The quantitative estimate of drug-likeness (QED) is 0.310. The summed E-state index contributed by atoms with van der Waals surface area (Å²) < 4.78 is 0.683. The minimum absolute atomic E-state index is 0.683. The number of benzene rings is 1. The molecular formula is C21H31I. The van der Waals surface area contributed by atoms with Crippen LogP contribution in [0, 0.1) is 12.3 Å². The SMILES string of the molecule is CCC1(CCCc2cccc(CCCC3(I)CC3)c2C)CC1. The molecule has 0 nitrogen and oxygen atoms in total. The highest BCUT2D eigenvalue weighted by atomic mass is 127. The van der Waals surface area contributed by atoms with Gasteiger partial charge in [0.05, 0.1) is 0 Å². The predicted octanol–water partition coefficient (Wildman–Crippen LogP) is 6.80. The van der Waals surface area contributed by atoms with Gasteiger partial charge in [-0.25, -0.2) is 0 Å². The van der Waals surface area contributed by atoms with E-state index in [9.17, 15) is 0 Å². The first-order valence-corrected chi connectivity index (χ1v) is 10.4. The Morgan fingerprint density at radius 3 is 2.05 bits per heavy atom. The Kier molecular flexibility index (Phi) is 5.21. The normalized spacial score (nSPS) is 20.9. The second kappa shape index (κ2) is 6.83. The molecule has 0 atom stereocenters. The van der Waals surface area contributed by atoms with Crippen LogP contribution < -0.4 is 0 Å². The van der Waals surface area contributed by atoms with Crippen molar-refractivity contribution in [3.63, 3.8) is 0 Å². The highest BCUT2D eigenvalue weighted by Gasteiger charge is 2.39. The number of hydrogen-bond acceptors (Lipinski definition) is 0. The van der Waals surface area contributed by atoms with E-state index in [-0.39, 0.29) is 0 Å². The van der Waals surface area contributed by atoms with Crippen LogP contribution in [-0.4, -0.2) is 3.42 Å². The summed E-state index contributed by atoms with van der Waals surface area (Å²) in [5, 5.41) is 0. The summed E-state index contributed by atoms with van der Waals surface area (Å²) in [6.45, 7) is 4.73. The molecule has 0 saturated heterocycles. The molecule has 0 unspecified atom stereocenters. The Hall–Kier alpha value is -0.0500. The third-order valence-electron chi connectivity index (χ3n) is 6.28. The Bertz CT molecular complexity index is 509. The van der Waals surface area contributed by atoms with Gasteiger partial charge in [-0.3, -0.25) is 0 Å². The minimum Gasteiger partial charge on any atom is -0.0789 e. The van der Waals surface area contributed by atoms with Crippen LogP contribution in [0.15, 0.2) is 18.2 Å². The summed E-state index contributed by atoms with van der Waals surface area (Å²) in [7, 11) is 0. The number of alkyl halides is 1. The van der Waals surface area contributed by atoms with Crippen LogP contribution >= 0.6 is 22.6 Å². The fraction of sp³-hybridized carbons (Fsp3) is 0.714. The first kappa shape index (κ1) is 16.8. The van der Waals surface area contributed by atoms with Crippen molar-refractivity contribution in [2.24, 2.45) is 5.41 Å². The van der Waals surface area contributed by atoms with Crippen LogP contribution in [0.4, 0.5) is 0 Å². The first-order valence-electron chi connectivity index (χ1n) is 9.32. The monoisotopic (exact) mass is 410 g/mol. The smallest absolute Gasteiger partial charge is 0.0223 e. The summed E-state index contributed by atoms with van der Waals surface area (Å²) in [5.41, 5.74) is 5.56. The lowest BCUT2D eigenvalue weighted by Gasteiger charge is -2.15. The summed E-state index contributed by atoms with van der Waals surface area (Å²) in [6, 6.07) is 7.02. The molecule has 2 fully saturated rings. The highest BCUT2D eigenvalue weighted by Crippen LogP contribution is 2.52. The van der Waals surface area contributed by atoms with Crippen LogP contribution in [0.3, 0.4) is 0 Å². The molecule has 0 spiro atoms. The standard InChI is InChI=1S/C21H31I/c1-3-20(13-14-20)11-5-9-18-7-4-8-19(17(18)2)10-6-12-21(22)15-16-21/h4,7-8H,3,5-6,9-16H2,1-2H3. The zero-order chi connectivity index (χ0) is 15.6. The van der Waals surface area contributed by atoms with Crippen molar-refractivity contribution in [1.29, 1.82) is 0 Å². The zero-order valence-corrected chi connectivity index (χ0v) is 16.5. The molecule has 2 saturated carbocycles. The lowest BCUT2D eigenvalue weighted by atomic mass is 9.91. The van der Waals surface area contributed by atoms with Crippen LogP contribution in [0.25, 0.3) is 0 Å². The van der Waals surface area contributed by atoms with Crippen molar-refractivity contribution in [3.05, 3.63) is 34.9 Å². The Morgan fingerprint density at radius 2 is 1.55 bits per heavy atom. The fourth-order valence-electron chi connectivity index (χ4n) is 3.87. The molecule has 0 heterocycles. The molecule has 122 valence electrons. The third kappa shape index (κ3) is 4.27. The van der Waals surface area contributed by atoms with E-state index < -0.39 is 0 Å². The average molecular weight is 410 g/mol. The first-order chi connectivity index (χ1) is 10.6. The number of halogens is 1. The molecular weight excluding hydrogens is 379 g/mol. The van der Waals surface area contributed by atoms with Crippen molar-refractivity contribution in [3.8, 4) is 0 Å². The van der Waals surface area contributed by atoms with E-state index in [4.69, 9.17) is 0 Å². The predicted molar refractivity (Wildman–Crippen MR) is 105 cm³/mol. The fourth-order valence-corrected chi connectivity index (χ4v) is 4.52. The zero-order valence-electron chi connectivity index (χ0n) is 14.4. The van der Waals surface area contributed by atoms with Crippen molar-refractivity contribution in [1.82, 2.24) is 0 Å². The van der Waals surface area contributed by atoms with Gasteiger partial charge in [0.25, 0.3) is 0 Å². The molecule has 1 heteroatoms. The highest BCUT2D eigenvalue weighted by molar-refractivity contribution is 14.1. The van der Waals surface area contributed by atoms with Crippen molar-refractivity contribution >= 4 is 22.6 Å². The van der Waals surface area contributed by atoms with Crippen molar-refractivity contribution < 1.29 is 0 Å². The summed E-state index contributed by atoms with van der Waals surface area (Å²) in [4.78, 5) is 0. The van der Waals surface area contributed by atoms with Gasteiger partial charge in [0, 0.05) is 3.42 Å². The molecule has 0 aliphatic heterocycles. The van der Waals surface area contributed by atoms with Crippen molar-refractivity contribution in [2.45, 2.75) is 87.9 Å². The van der Waals surface area contributed by atoms with Gasteiger partial charge >= 0.3 is 0 Å². The van der Waals surface area contributed by atoms with E-state index in [0.29, 0.717) is 3.42 Å². The lowest BCUT2D eigenvalue weighted by molar-refractivity contribution is 0.433. The van der Waals surface area contributed by atoms with E-state index >= 15 is 0 Å². The molecule has 0 aromatic heterocycles. The van der Waals surface area contributed by atoms with Gasteiger partial charge in [0.1, 0.15) is 0 Å². The molecule has 22 heavy (non-hydrogen) atoms. The van der Waals surface area contributed by atoms with Gasteiger partial charge in [-0.05, 0) is 93.2 Å². The second-order valence-corrected chi connectivity index (χ2v) is 10.2. The van der Waals surface area contributed by atoms with Crippen molar-refractivity contribution in [2.75, 3.05) is 0 Å². The molecule has 0 bridgehead atoms. The number of aryl methyl sites for hydroxylation is 2. The Labute approximate surface area is 150 Å². The lowest BCUT2D eigenvalue weighted by Crippen LogP contribution is -2.02. The summed E-state index contributed by atoms with van der Waals surface area (Å²) >= 11 is 2.68. The molecule has 0 radical (unpaired) electrons. The van der Waals surface area contributed by atoms with Gasteiger partial charge in [-0.15, -0.1) is 0 Å². The van der Waals surface area contributed by atoms with E-state index in [0.717, 1.165) is 5.41 Å². The van der Waals surface area contributed by atoms with Crippen LogP contribution in [0.5, 0.6) is 0 Å². The number of hydrogen-bond donors (Lipinski definition) is 0. The largest absolute Gasteiger partial charge is 0.0789 e. The van der Waals surface area contributed by atoms with Gasteiger partial charge in [-0.1, -0.05) is 54.1 Å². The van der Waals surface area contributed by atoms with Gasteiger partial charge in [0.2, 0.25) is 0 Å². The van der Waals surface area contributed by atoms with Crippen LogP contribution in [-0.2, 0) is 12.8 Å². The van der Waals surface area contributed by atoms with Gasteiger partial charge < -0.3 is 0 Å². The van der Waals surface area contributed by atoms with E-state index in [1.807, 2.05) is 0 Å². The van der Waals surface area contributed by atoms with Gasteiger partial charge in [-0.2, -0.15) is 0 Å². The molecule has 0 amide bonds. The maximum Gasteiger partial charge on any atom is 0.0223 e. The Morgan fingerprint density at radius 1 is 0.955 bits per heavy atom. The summed E-state index contributed by atoms with van der Waals surface area (Å²) in [6.07, 6.45) is 15.5. The molecule has 2 aliphatic rings. The third-order valence-corrected chi connectivity index (χ3v) is 7.90. The molecule has 2 aliphatic carbocycles. The molecule has 3 rings (SSSR count). The maximum absolute atomic E-state index is 2.68. The van der Waals surface area contributed by atoms with E-state index in [2.05, 4.69) is 54.6 Å². The molecule has 1 aromatic rings. The maximum atomic E-state index is 2.68. The van der Waals surface area contributed by atoms with Gasteiger partial charge in [0.15, 0.2) is 0 Å². The van der Waals surface area contributed by atoms with E-state index in [1.165, 1.54) is 70.6 Å². The molecule has 1 aromatic carbocycles.